The van der Waals surface area contributed by atoms with E-state index in [1.54, 1.807) is 6.92 Å². The summed E-state index contributed by atoms with van der Waals surface area (Å²) in [5.74, 6) is 0.146. The Kier molecular flexibility index (Phi) is 4.67. The number of aliphatic hydroxyl groups is 1. The molecule has 1 aromatic heterocycles. The van der Waals surface area contributed by atoms with Gasteiger partial charge in [0.25, 0.3) is 0 Å². The van der Waals surface area contributed by atoms with Gasteiger partial charge in [0.05, 0.1) is 6.10 Å². The molecule has 2 rings (SSSR count). The predicted octanol–water partition coefficient (Wildman–Crippen LogP) is 2.18. The van der Waals surface area contributed by atoms with Gasteiger partial charge < -0.3 is 10.0 Å². The van der Waals surface area contributed by atoms with E-state index < -0.39 is 23.3 Å². The topological polar surface area (TPSA) is 78.4 Å². The Bertz CT molecular complexity index is 498. The van der Waals surface area contributed by atoms with Gasteiger partial charge in [-0.15, -0.1) is 10.2 Å². The maximum absolute atomic E-state index is 12.4. The average Bonchev–Trinajstić information content (AvgIpc) is 2.87. The zero-order valence-electron chi connectivity index (χ0n) is 11.2. The summed E-state index contributed by atoms with van der Waals surface area (Å²) >= 11 is 0.292. The summed E-state index contributed by atoms with van der Waals surface area (Å²) < 4.78 is 37.1. The lowest BCUT2D eigenvalue weighted by Gasteiger charge is -2.32. The van der Waals surface area contributed by atoms with Crippen molar-refractivity contribution >= 4 is 22.5 Å². The van der Waals surface area contributed by atoms with Gasteiger partial charge in [0.2, 0.25) is 10.1 Å². The molecule has 6 nitrogen and oxygen atoms in total. The number of carbonyl (C=O) groups excluding carboxylic acids is 1. The molecule has 0 bridgehead atoms. The highest BCUT2D eigenvalue weighted by atomic mass is 32.1. The number of nitrogens with zero attached hydrogens (tertiary/aromatic N) is 3. The summed E-state index contributed by atoms with van der Waals surface area (Å²) in [4.78, 5) is 13.4. The van der Waals surface area contributed by atoms with Crippen LogP contribution >= 0.6 is 11.3 Å². The number of rotatable bonds is 2. The van der Waals surface area contributed by atoms with E-state index in [4.69, 9.17) is 0 Å². The number of aliphatic hydroxyl groups excluding tert-OH is 1. The van der Waals surface area contributed by atoms with Crippen molar-refractivity contribution < 1.29 is 23.1 Å². The Morgan fingerprint density at radius 2 is 2.05 bits per heavy atom. The molecule has 1 atom stereocenters. The van der Waals surface area contributed by atoms with Crippen LogP contribution in [0.5, 0.6) is 0 Å². The van der Waals surface area contributed by atoms with Crippen molar-refractivity contribution in [3.05, 3.63) is 5.01 Å². The Labute approximate surface area is 123 Å². The lowest BCUT2D eigenvalue weighted by atomic mass is 9.92. The molecule has 1 aromatic rings. The van der Waals surface area contributed by atoms with E-state index in [9.17, 15) is 23.1 Å². The first-order valence-electron chi connectivity index (χ1n) is 6.42. The highest BCUT2D eigenvalue weighted by Gasteiger charge is 2.36. The monoisotopic (exact) mass is 324 g/mol. The van der Waals surface area contributed by atoms with Crippen LogP contribution in [0.1, 0.15) is 24.8 Å². The predicted molar refractivity (Wildman–Crippen MR) is 69.9 cm³/mol. The zero-order chi connectivity index (χ0) is 15.6. The number of amides is 2. The molecule has 118 valence electrons. The van der Waals surface area contributed by atoms with Crippen LogP contribution in [-0.4, -0.2) is 45.4 Å². The van der Waals surface area contributed by atoms with Gasteiger partial charge in [-0.2, -0.15) is 13.2 Å². The second-order valence-electron chi connectivity index (χ2n) is 4.91. The highest BCUT2D eigenvalue weighted by molar-refractivity contribution is 7.15. The van der Waals surface area contributed by atoms with Crippen LogP contribution < -0.4 is 5.32 Å². The number of likely N-dealkylation sites (tertiary alicyclic amines) is 1. The third kappa shape index (κ3) is 4.03. The van der Waals surface area contributed by atoms with Crippen molar-refractivity contribution in [1.29, 1.82) is 0 Å². The minimum absolute atomic E-state index is 0.146. The van der Waals surface area contributed by atoms with Crippen LogP contribution in [0.15, 0.2) is 0 Å². The van der Waals surface area contributed by atoms with Crippen molar-refractivity contribution in [1.82, 2.24) is 15.1 Å². The number of piperidine rings is 1. The molecule has 2 N–H and O–H groups in total. The number of nitrogens with one attached hydrogen (secondary N) is 1. The normalized spacial score (nSPS) is 18.6. The lowest BCUT2D eigenvalue weighted by Crippen LogP contribution is -2.42. The van der Waals surface area contributed by atoms with Crippen LogP contribution in [-0.2, 0) is 6.18 Å². The van der Waals surface area contributed by atoms with Gasteiger partial charge in [-0.3, -0.25) is 5.32 Å². The number of aromatic nitrogens is 2. The number of anilines is 1. The molecular formula is C11H15F3N4O2S. The number of carbonyl (C=O) groups is 1. The summed E-state index contributed by atoms with van der Waals surface area (Å²) in [6.45, 7) is 2.61. The van der Waals surface area contributed by atoms with Crippen LogP contribution in [0.25, 0.3) is 0 Å². The van der Waals surface area contributed by atoms with Gasteiger partial charge in [0.1, 0.15) is 0 Å². The number of hydrogen-bond donors (Lipinski definition) is 2. The van der Waals surface area contributed by atoms with E-state index in [1.165, 1.54) is 4.90 Å². The number of halogens is 3. The Morgan fingerprint density at radius 3 is 2.52 bits per heavy atom. The quantitative estimate of drug-likeness (QED) is 0.874. The first kappa shape index (κ1) is 16.0. The number of hydrogen-bond acceptors (Lipinski definition) is 5. The first-order chi connectivity index (χ1) is 9.77. The fourth-order valence-electron chi connectivity index (χ4n) is 2.14. The van der Waals surface area contributed by atoms with E-state index in [1.807, 2.05) is 0 Å². The van der Waals surface area contributed by atoms with E-state index in [-0.39, 0.29) is 11.0 Å². The van der Waals surface area contributed by atoms with Crippen molar-refractivity contribution in [3.8, 4) is 0 Å². The Morgan fingerprint density at radius 1 is 1.43 bits per heavy atom. The molecular weight excluding hydrogens is 309 g/mol. The molecule has 1 saturated heterocycles. The van der Waals surface area contributed by atoms with Crippen molar-refractivity contribution in [3.63, 3.8) is 0 Å². The Balaban J connectivity index is 1.89. The van der Waals surface area contributed by atoms with Gasteiger partial charge in [-0.25, -0.2) is 4.79 Å². The molecule has 1 aliphatic heterocycles. The molecule has 0 aromatic carbocycles. The third-order valence-corrected chi connectivity index (χ3v) is 4.27. The molecule has 10 heteroatoms. The largest absolute Gasteiger partial charge is 0.445 e. The average molecular weight is 324 g/mol. The molecule has 0 saturated carbocycles. The van der Waals surface area contributed by atoms with Gasteiger partial charge in [-0.05, 0) is 25.7 Å². The molecule has 0 spiro atoms. The fourth-order valence-corrected chi connectivity index (χ4v) is 2.74. The molecule has 1 aliphatic rings. The SMILES string of the molecule is CC(O)C1CCN(C(=O)Nc2nnc(C(F)(F)F)s2)CC1. The molecule has 1 fully saturated rings. The molecule has 2 heterocycles. The molecule has 21 heavy (non-hydrogen) atoms. The molecule has 0 radical (unpaired) electrons. The Hall–Kier alpha value is -1.42. The summed E-state index contributed by atoms with van der Waals surface area (Å²) in [6.07, 6.45) is -3.66. The summed E-state index contributed by atoms with van der Waals surface area (Å²) in [6, 6.07) is -0.496. The molecule has 1 unspecified atom stereocenters. The van der Waals surface area contributed by atoms with Gasteiger partial charge in [0, 0.05) is 13.1 Å². The zero-order valence-corrected chi connectivity index (χ0v) is 12.0. The van der Waals surface area contributed by atoms with Gasteiger partial charge >= 0.3 is 12.2 Å². The van der Waals surface area contributed by atoms with Crippen molar-refractivity contribution in [2.24, 2.45) is 5.92 Å². The summed E-state index contributed by atoms with van der Waals surface area (Å²) in [5.41, 5.74) is 0. The maximum atomic E-state index is 12.4. The second-order valence-corrected chi connectivity index (χ2v) is 5.88. The standard InChI is InChI=1S/C11H15F3N4O2S/c1-6(19)7-2-4-18(5-3-7)10(20)15-9-17-16-8(21-9)11(12,13)14/h6-7,19H,2-5H2,1H3,(H,15,17,20). The van der Waals surface area contributed by atoms with E-state index in [2.05, 4.69) is 15.5 Å². The lowest BCUT2D eigenvalue weighted by molar-refractivity contribution is -0.138. The van der Waals surface area contributed by atoms with E-state index in [0.717, 1.165) is 0 Å². The first-order valence-corrected chi connectivity index (χ1v) is 7.23. The second kappa shape index (κ2) is 6.14. The van der Waals surface area contributed by atoms with Gasteiger partial charge in [-0.1, -0.05) is 11.3 Å². The van der Waals surface area contributed by atoms with Crippen LogP contribution in [0.3, 0.4) is 0 Å². The third-order valence-electron chi connectivity index (χ3n) is 3.39. The summed E-state index contributed by atoms with van der Waals surface area (Å²) in [5, 5.41) is 16.8. The number of urea groups is 1. The minimum Gasteiger partial charge on any atom is -0.393 e. The van der Waals surface area contributed by atoms with E-state index in [0.29, 0.717) is 37.3 Å². The summed E-state index contributed by atoms with van der Waals surface area (Å²) in [7, 11) is 0. The van der Waals surface area contributed by atoms with Crippen LogP contribution in [0.4, 0.5) is 23.1 Å². The minimum atomic E-state index is -4.56. The molecule has 0 aliphatic carbocycles. The maximum Gasteiger partial charge on any atom is 0.445 e. The van der Waals surface area contributed by atoms with E-state index >= 15 is 0 Å². The van der Waals surface area contributed by atoms with Gasteiger partial charge in [0.15, 0.2) is 0 Å². The van der Waals surface area contributed by atoms with Crippen LogP contribution in [0, 0.1) is 5.92 Å². The highest BCUT2D eigenvalue weighted by Crippen LogP contribution is 2.33. The molecule has 2 amide bonds. The number of alkyl halides is 3. The van der Waals surface area contributed by atoms with Crippen molar-refractivity contribution in [2.45, 2.75) is 32.0 Å². The van der Waals surface area contributed by atoms with Crippen LogP contribution in [0.2, 0.25) is 0 Å². The van der Waals surface area contributed by atoms with Crippen molar-refractivity contribution in [2.75, 3.05) is 18.4 Å². The fraction of sp³-hybridized carbons (Fsp3) is 0.727. The smallest absolute Gasteiger partial charge is 0.393 e.